The summed E-state index contributed by atoms with van der Waals surface area (Å²) in [4.78, 5) is 23.5. The number of hydrogen-bond acceptors (Lipinski definition) is 5. The summed E-state index contributed by atoms with van der Waals surface area (Å²) in [7, 11) is 0. The Kier molecular flexibility index (Phi) is 3.72. The van der Waals surface area contributed by atoms with Crippen LogP contribution in [0.2, 0.25) is 0 Å². The van der Waals surface area contributed by atoms with E-state index < -0.39 is 17.1 Å². The van der Waals surface area contributed by atoms with Gasteiger partial charge in [-0.1, -0.05) is 32.0 Å². The quantitative estimate of drug-likeness (QED) is 0.669. The molecule has 1 aliphatic heterocycles. The van der Waals surface area contributed by atoms with Crippen molar-refractivity contribution in [1.82, 2.24) is 0 Å². The Morgan fingerprint density at radius 3 is 2.70 bits per heavy atom. The molecule has 2 atom stereocenters. The largest absolute Gasteiger partial charge is 0.469 e. The van der Waals surface area contributed by atoms with Crippen LogP contribution in [0.5, 0.6) is 0 Å². The van der Waals surface area contributed by atoms with Crippen LogP contribution in [0.1, 0.15) is 44.6 Å². The number of hydrogen-bond donors (Lipinski definition) is 1. The number of allylic oxidation sites excluding steroid dienone is 2. The summed E-state index contributed by atoms with van der Waals surface area (Å²) in [6.07, 6.45) is 0.0147. The Hall–Kier alpha value is -2.21. The second kappa shape index (κ2) is 5.45. The summed E-state index contributed by atoms with van der Waals surface area (Å²) < 4.78 is 5.49. The van der Waals surface area contributed by atoms with Crippen LogP contribution < -0.4 is 0 Å². The zero-order valence-electron chi connectivity index (χ0n) is 13.1. The van der Waals surface area contributed by atoms with Crippen LogP contribution in [0.25, 0.3) is 0 Å². The lowest BCUT2D eigenvalue weighted by atomic mass is 9.71. The first kappa shape index (κ1) is 15.7. The number of aliphatic hydroxyl groups excluding tert-OH is 1. The molecule has 3 rings (SSSR count). The molecule has 2 aliphatic rings. The normalized spacial score (nSPS) is 26.5. The number of aliphatic hydroxyl groups is 1. The number of para-hydroxylation sites is 1. The Bertz CT molecular complexity index is 707. The van der Waals surface area contributed by atoms with E-state index in [9.17, 15) is 20.0 Å². The smallest absolute Gasteiger partial charge is 0.273 e. The monoisotopic (exact) mass is 317 g/mol. The number of rotatable bonds is 2. The molecule has 0 fully saturated rings. The molecule has 23 heavy (non-hydrogen) atoms. The van der Waals surface area contributed by atoms with Gasteiger partial charge in [0.1, 0.15) is 5.76 Å². The molecule has 1 aromatic carbocycles. The Labute approximate surface area is 133 Å². The number of benzene rings is 1. The van der Waals surface area contributed by atoms with Gasteiger partial charge in [-0.3, -0.25) is 14.9 Å². The molecular weight excluding hydrogens is 298 g/mol. The van der Waals surface area contributed by atoms with Crippen molar-refractivity contribution in [2.75, 3.05) is 0 Å². The van der Waals surface area contributed by atoms with Gasteiger partial charge < -0.3 is 9.84 Å². The molecule has 0 radical (unpaired) electrons. The van der Waals surface area contributed by atoms with E-state index in [1.807, 2.05) is 13.8 Å². The Morgan fingerprint density at radius 2 is 2.00 bits per heavy atom. The highest BCUT2D eigenvalue weighted by Crippen LogP contribution is 2.48. The van der Waals surface area contributed by atoms with Crippen LogP contribution in [0.15, 0.2) is 35.6 Å². The molecule has 0 amide bonds. The molecule has 122 valence electrons. The minimum Gasteiger partial charge on any atom is -0.469 e. The predicted octanol–water partition coefficient (Wildman–Crippen LogP) is 3.06. The van der Waals surface area contributed by atoms with Crippen LogP contribution in [0, 0.1) is 15.5 Å². The highest BCUT2D eigenvalue weighted by molar-refractivity contribution is 5.99. The van der Waals surface area contributed by atoms with Gasteiger partial charge in [0.05, 0.1) is 4.92 Å². The van der Waals surface area contributed by atoms with Gasteiger partial charge in [-0.05, 0) is 5.41 Å². The minimum atomic E-state index is -1.06. The highest BCUT2D eigenvalue weighted by Gasteiger charge is 2.43. The van der Waals surface area contributed by atoms with Crippen LogP contribution in [0.3, 0.4) is 0 Å². The molecule has 1 aromatic rings. The zero-order chi connectivity index (χ0) is 16.8. The highest BCUT2D eigenvalue weighted by atomic mass is 16.6. The predicted molar refractivity (Wildman–Crippen MR) is 82.6 cm³/mol. The maximum atomic E-state index is 12.6. The van der Waals surface area contributed by atoms with Crippen molar-refractivity contribution in [3.63, 3.8) is 0 Å². The van der Waals surface area contributed by atoms with Crippen LogP contribution >= 0.6 is 0 Å². The van der Waals surface area contributed by atoms with Gasteiger partial charge in [-0.15, -0.1) is 0 Å². The number of nitro benzene ring substituents is 1. The first-order chi connectivity index (χ1) is 10.8. The summed E-state index contributed by atoms with van der Waals surface area (Å²) in [5, 5.41) is 21.3. The average molecular weight is 317 g/mol. The second-order valence-corrected chi connectivity index (χ2v) is 6.95. The molecule has 1 aliphatic carbocycles. The van der Waals surface area contributed by atoms with Crippen molar-refractivity contribution in [2.24, 2.45) is 5.41 Å². The number of Topliss-reactive ketones (excluding diaryl/α,β-unsaturated/α-hetero) is 1. The van der Waals surface area contributed by atoms with E-state index in [0.717, 1.165) is 0 Å². The SMILES string of the molecule is CC1(C)CC(=O)C2=C(C1)OC(O)C[C@H]2c1ccccc1[N+](=O)[O-]. The standard InChI is InChI=1S/C17H19NO5/c1-17(2)8-13(19)16-11(7-15(20)23-14(16)9-17)10-5-3-4-6-12(10)18(21)22/h3-6,11,15,20H,7-9H2,1-2H3/t11-,15?/m0/s1. The van der Waals surface area contributed by atoms with Crippen molar-refractivity contribution in [3.8, 4) is 0 Å². The fourth-order valence-corrected chi connectivity index (χ4v) is 3.53. The molecule has 0 spiro atoms. The molecule has 1 heterocycles. The summed E-state index contributed by atoms with van der Waals surface area (Å²) in [6, 6.07) is 6.38. The van der Waals surface area contributed by atoms with Crippen LogP contribution in [-0.2, 0) is 9.53 Å². The molecular formula is C17H19NO5. The average Bonchev–Trinajstić information content (AvgIpc) is 2.44. The van der Waals surface area contributed by atoms with Gasteiger partial charge in [-0.25, -0.2) is 0 Å². The number of nitrogens with zero attached hydrogens (tertiary/aromatic N) is 1. The third-order valence-electron chi connectivity index (χ3n) is 4.45. The first-order valence-electron chi connectivity index (χ1n) is 7.63. The van der Waals surface area contributed by atoms with Crippen molar-refractivity contribution < 1.29 is 19.6 Å². The number of ether oxygens (including phenoxy) is 1. The van der Waals surface area contributed by atoms with E-state index in [2.05, 4.69) is 0 Å². The molecule has 1 unspecified atom stereocenters. The van der Waals surface area contributed by atoms with E-state index >= 15 is 0 Å². The zero-order valence-corrected chi connectivity index (χ0v) is 13.1. The fraction of sp³-hybridized carbons (Fsp3) is 0.471. The van der Waals surface area contributed by atoms with E-state index in [1.165, 1.54) is 6.07 Å². The summed E-state index contributed by atoms with van der Waals surface area (Å²) in [5.74, 6) is -0.0709. The third kappa shape index (κ3) is 2.86. The molecule has 0 bridgehead atoms. The van der Waals surface area contributed by atoms with Gasteiger partial charge in [0.2, 0.25) is 0 Å². The van der Waals surface area contributed by atoms with E-state index in [0.29, 0.717) is 29.7 Å². The van der Waals surface area contributed by atoms with E-state index in [-0.39, 0.29) is 23.3 Å². The molecule has 0 aromatic heterocycles. The number of carbonyl (C=O) groups is 1. The van der Waals surface area contributed by atoms with Gasteiger partial charge >= 0.3 is 0 Å². The molecule has 6 nitrogen and oxygen atoms in total. The minimum absolute atomic E-state index is 0.0314. The van der Waals surface area contributed by atoms with Crippen LogP contribution in [0.4, 0.5) is 5.69 Å². The molecule has 6 heteroatoms. The number of carbonyl (C=O) groups excluding carboxylic acids is 1. The van der Waals surface area contributed by atoms with Gasteiger partial charge in [0.15, 0.2) is 12.1 Å². The summed E-state index contributed by atoms with van der Waals surface area (Å²) >= 11 is 0. The second-order valence-electron chi connectivity index (χ2n) is 6.95. The van der Waals surface area contributed by atoms with Crippen molar-refractivity contribution >= 4 is 11.5 Å². The number of ketones is 1. The summed E-state index contributed by atoms with van der Waals surface area (Å²) in [6.45, 7) is 3.94. The van der Waals surface area contributed by atoms with Crippen LogP contribution in [-0.4, -0.2) is 22.1 Å². The Balaban J connectivity index is 2.12. The lowest BCUT2D eigenvalue weighted by molar-refractivity contribution is -0.385. The van der Waals surface area contributed by atoms with Gasteiger partial charge in [0, 0.05) is 42.4 Å². The summed E-state index contributed by atoms with van der Waals surface area (Å²) in [5.41, 5.74) is 0.681. The fourth-order valence-electron chi connectivity index (χ4n) is 3.53. The maximum absolute atomic E-state index is 12.6. The van der Waals surface area contributed by atoms with Crippen molar-refractivity contribution in [2.45, 2.75) is 45.3 Å². The lowest BCUT2D eigenvalue weighted by Crippen LogP contribution is -2.35. The van der Waals surface area contributed by atoms with Gasteiger partial charge in [-0.2, -0.15) is 0 Å². The van der Waals surface area contributed by atoms with E-state index in [4.69, 9.17) is 4.74 Å². The molecule has 1 N–H and O–H groups in total. The number of nitro groups is 1. The van der Waals surface area contributed by atoms with E-state index in [1.54, 1.807) is 18.2 Å². The van der Waals surface area contributed by atoms with Gasteiger partial charge in [0.25, 0.3) is 5.69 Å². The maximum Gasteiger partial charge on any atom is 0.273 e. The first-order valence-corrected chi connectivity index (χ1v) is 7.63. The third-order valence-corrected chi connectivity index (χ3v) is 4.45. The molecule has 0 saturated carbocycles. The van der Waals surface area contributed by atoms with Crippen molar-refractivity contribution in [3.05, 3.63) is 51.3 Å². The lowest BCUT2D eigenvalue weighted by Gasteiger charge is -2.39. The Morgan fingerprint density at radius 1 is 1.30 bits per heavy atom. The van der Waals surface area contributed by atoms with Crippen molar-refractivity contribution in [1.29, 1.82) is 0 Å². The molecule has 0 saturated heterocycles. The topological polar surface area (TPSA) is 89.7 Å².